The van der Waals surface area contributed by atoms with E-state index in [1.165, 1.54) is 12.1 Å². The zero-order valence-corrected chi connectivity index (χ0v) is 14.3. The van der Waals surface area contributed by atoms with Crippen molar-refractivity contribution in [1.82, 2.24) is 5.32 Å². The molecule has 0 bridgehead atoms. The van der Waals surface area contributed by atoms with E-state index in [4.69, 9.17) is 0 Å². The van der Waals surface area contributed by atoms with Crippen molar-refractivity contribution in [2.24, 2.45) is 5.41 Å². The highest BCUT2D eigenvalue weighted by molar-refractivity contribution is 9.10. The normalized spacial score (nSPS) is 11.4. The molecule has 0 heterocycles. The molecule has 0 aliphatic rings. The first-order valence-electron chi connectivity index (χ1n) is 6.15. The molecule has 0 fully saturated rings. The van der Waals surface area contributed by atoms with Gasteiger partial charge in [0.25, 0.3) is 5.91 Å². The summed E-state index contributed by atoms with van der Waals surface area (Å²) in [5.41, 5.74) is 0.361. The van der Waals surface area contributed by atoms with E-state index in [2.05, 4.69) is 51.0 Å². The van der Waals surface area contributed by atoms with Gasteiger partial charge in [0.1, 0.15) is 5.82 Å². The molecule has 0 atom stereocenters. The van der Waals surface area contributed by atoms with Gasteiger partial charge in [0, 0.05) is 16.3 Å². The first-order valence-corrected chi connectivity index (χ1v) is 8.06. The molecule has 0 saturated heterocycles. The van der Waals surface area contributed by atoms with E-state index in [1.807, 2.05) is 0 Å². The maximum absolute atomic E-state index is 13.1. The Hall–Kier alpha value is -0.420. The summed E-state index contributed by atoms with van der Waals surface area (Å²) < 4.78 is 13.7. The Kier molecular flexibility index (Phi) is 6.47. The summed E-state index contributed by atoms with van der Waals surface area (Å²) in [6.45, 7) is 4.79. The molecule has 2 nitrogen and oxygen atoms in total. The quantitative estimate of drug-likeness (QED) is 0.706. The average Bonchev–Trinajstić information content (AvgIpc) is 2.36. The third kappa shape index (κ3) is 5.61. The Morgan fingerprint density at radius 2 is 2.11 bits per heavy atom. The molecular formula is C14H18Br2FNO. The number of carbonyl (C=O) groups excluding carboxylic acids is 1. The van der Waals surface area contributed by atoms with E-state index in [0.29, 0.717) is 16.6 Å². The lowest BCUT2D eigenvalue weighted by Crippen LogP contribution is -2.34. The van der Waals surface area contributed by atoms with Gasteiger partial charge in [-0.2, -0.15) is 0 Å². The molecule has 19 heavy (non-hydrogen) atoms. The molecule has 0 saturated carbocycles. The van der Waals surface area contributed by atoms with Gasteiger partial charge in [-0.25, -0.2) is 4.39 Å². The van der Waals surface area contributed by atoms with Crippen molar-refractivity contribution in [3.63, 3.8) is 0 Å². The second-order valence-corrected chi connectivity index (χ2v) is 6.91. The van der Waals surface area contributed by atoms with Crippen molar-refractivity contribution in [3.8, 4) is 0 Å². The molecule has 1 rings (SSSR count). The van der Waals surface area contributed by atoms with Crippen LogP contribution in [0.2, 0.25) is 0 Å². The predicted molar refractivity (Wildman–Crippen MR) is 83.2 cm³/mol. The van der Waals surface area contributed by atoms with Crippen molar-refractivity contribution < 1.29 is 9.18 Å². The van der Waals surface area contributed by atoms with E-state index >= 15 is 0 Å². The van der Waals surface area contributed by atoms with Crippen LogP contribution in [0.15, 0.2) is 22.7 Å². The number of alkyl halides is 1. The topological polar surface area (TPSA) is 29.1 Å². The lowest BCUT2D eigenvalue weighted by Gasteiger charge is -2.24. The zero-order chi connectivity index (χ0) is 14.5. The van der Waals surface area contributed by atoms with Gasteiger partial charge in [-0.05, 0) is 52.4 Å². The van der Waals surface area contributed by atoms with Crippen molar-refractivity contribution in [1.29, 1.82) is 0 Å². The average molecular weight is 395 g/mol. The molecule has 0 aromatic heterocycles. The summed E-state index contributed by atoms with van der Waals surface area (Å²) in [6, 6.07) is 4.10. The van der Waals surface area contributed by atoms with Crippen LogP contribution in [0.4, 0.5) is 4.39 Å². The lowest BCUT2D eigenvalue weighted by atomic mass is 9.88. The van der Waals surface area contributed by atoms with E-state index in [1.54, 1.807) is 6.07 Å². The van der Waals surface area contributed by atoms with Crippen LogP contribution in [0.1, 0.15) is 37.0 Å². The Labute approximate surface area is 130 Å². The highest BCUT2D eigenvalue weighted by atomic mass is 79.9. The van der Waals surface area contributed by atoms with Crippen LogP contribution in [0.3, 0.4) is 0 Å². The smallest absolute Gasteiger partial charge is 0.252 e. The van der Waals surface area contributed by atoms with E-state index in [0.717, 1.165) is 18.2 Å². The van der Waals surface area contributed by atoms with E-state index in [9.17, 15) is 9.18 Å². The highest BCUT2D eigenvalue weighted by Gasteiger charge is 2.19. The van der Waals surface area contributed by atoms with Gasteiger partial charge in [-0.3, -0.25) is 4.79 Å². The number of hydrogen-bond acceptors (Lipinski definition) is 1. The van der Waals surface area contributed by atoms with E-state index < -0.39 is 5.82 Å². The number of rotatable bonds is 6. The fourth-order valence-electron chi connectivity index (χ4n) is 1.72. The van der Waals surface area contributed by atoms with Crippen LogP contribution >= 0.6 is 31.9 Å². The Bertz CT molecular complexity index is 449. The van der Waals surface area contributed by atoms with Crippen LogP contribution in [-0.2, 0) is 0 Å². The van der Waals surface area contributed by atoms with Crippen LogP contribution in [-0.4, -0.2) is 17.8 Å². The second-order valence-electron chi connectivity index (χ2n) is 5.26. The first-order chi connectivity index (χ1) is 8.85. The summed E-state index contributed by atoms with van der Waals surface area (Å²) >= 11 is 6.66. The molecular weight excluding hydrogens is 377 g/mol. The second kappa shape index (κ2) is 7.39. The summed E-state index contributed by atoms with van der Waals surface area (Å²) in [5, 5.41) is 3.82. The molecule has 106 valence electrons. The van der Waals surface area contributed by atoms with Crippen molar-refractivity contribution in [2.45, 2.75) is 26.7 Å². The van der Waals surface area contributed by atoms with Gasteiger partial charge >= 0.3 is 0 Å². The molecule has 0 radical (unpaired) electrons. The predicted octanol–water partition coefficient (Wildman–Crippen LogP) is 4.52. The third-order valence-electron chi connectivity index (χ3n) is 2.89. The minimum Gasteiger partial charge on any atom is -0.351 e. The standard InChI is InChI=1S/C14H18Br2FNO/c1-14(2,6-3-7-15)9-18-13(19)11-8-10(17)4-5-12(11)16/h4-5,8H,3,6-7,9H2,1-2H3,(H,18,19). The summed E-state index contributed by atoms with van der Waals surface area (Å²) in [4.78, 5) is 12.0. The van der Waals surface area contributed by atoms with Crippen LogP contribution in [0.5, 0.6) is 0 Å². The summed E-state index contributed by atoms with van der Waals surface area (Å²) in [5.74, 6) is -0.662. The third-order valence-corrected chi connectivity index (χ3v) is 4.14. The van der Waals surface area contributed by atoms with Crippen LogP contribution in [0.25, 0.3) is 0 Å². The molecule has 1 aromatic rings. The fraction of sp³-hybridized carbons (Fsp3) is 0.500. The van der Waals surface area contributed by atoms with Gasteiger partial charge in [-0.1, -0.05) is 29.8 Å². The van der Waals surface area contributed by atoms with Crippen molar-refractivity contribution in [3.05, 3.63) is 34.1 Å². The number of hydrogen-bond donors (Lipinski definition) is 1. The van der Waals surface area contributed by atoms with Gasteiger partial charge in [0.15, 0.2) is 0 Å². The maximum atomic E-state index is 13.1. The monoisotopic (exact) mass is 393 g/mol. The molecule has 0 spiro atoms. The molecule has 1 amide bonds. The number of nitrogens with one attached hydrogen (secondary N) is 1. The van der Waals surface area contributed by atoms with Crippen molar-refractivity contribution in [2.75, 3.05) is 11.9 Å². The van der Waals surface area contributed by atoms with Crippen molar-refractivity contribution >= 4 is 37.8 Å². The number of carbonyl (C=O) groups is 1. The first kappa shape index (κ1) is 16.6. The summed E-state index contributed by atoms with van der Waals surface area (Å²) in [7, 11) is 0. The Balaban J connectivity index is 2.62. The molecule has 0 aliphatic heterocycles. The van der Waals surface area contributed by atoms with Gasteiger partial charge in [-0.15, -0.1) is 0 Å². The minimum absolute atomic E-state index is 0.0310. The largest absolute Gasteiger partial charge is 0.351 e. The minimum atomic E-state index is -0.410. The molecule has 5 heteroatoms. The highest BCUT2D eigenvalue weighted by Crippen LogP contribution is 2.22. The number of benzene rings is 1. The zero-order valence-electron chi connectivity index (χ0n) is 11.1. The lowest BCUT2D eigenvalue weighted by molar-refractivity contribution is 0.0933. The number of halogens is 3. The Morgan fingerprint density at radius 1 is 1.42 bits per heavy atom. The molecule has 1 aromatic carbocycles. The van der Waals surface area contributed by atoms with Crippen LogP contribution < -0.4 is 5.32 Å². The Morgan fingerprint density at radius 3 is 2.74 bits per heavy atom. The fourth-order valence-corrected chi connectivity index (χ4v) is 2.43. The molecule has 1 N–H and O–H groups in total. The van der Waals surface area contributed by atoms with Gasteiger partial charge in [0.05, 0.1) is 5.56 Å². The maximum Gasteiger partial charge on any atom is 0.252 e. The SMILES string of the molecule is CC(C)(CCCBr)CNC(=O)c1cc(F)ccc1Br. The van der Waals surface area contributed by atoms with E-state index in [-0.39, 0.29) is 11.3 Å². The molecule has 0 aliphatic carbocycles. The number of amides is 1. The van der Waals surface area contributed by atoms with Gasteiger partial charge < -0.3 is 5.32 Å². The summed E-state index contributed by atoms with van der Waals surface area (Å²) in [6.07, 6.45) is 2.08. The van der Waals surface area contributed by atoms with Crippen LogP contribution in [0, 0.1) is 11.2 Å². The molecule has 0 unspecified atom stereocenters. The van der Waals surface area contributed by atoms with Gasteiger partial charge in [0.2, 0.25) is 0 Å².